The van der Waals surface area contributed by atoms with Gasteiger partial charge in [0.05, 0.1) is 6.20 Å². The van der Waals surface area contributed by atoms with Crippen LogP contribution in [0.15, 0.2) is 34.9 Å². The molecule has 1 fully saturated rings. The minimum Gasteiger partial charge on any atom is -0.349 e. The molecule has 1 aromatic carbocycles. The number of aromatic nitrogens is 3. The Kier molecular flexibility index (Phi) is 5.72. The Morgan fingerprint density at radius 2 is 2.07 bits per heavy atom. The summed E-state index contributed by atoms with van der Waals surface area (Å²) in [6.45, 7) is 6.28. The number of nitrogens with zero attached hydrogens (tertiary/aromatic N) is 3. The summed E-state index contributed by atoms with van der Waals surface area (Å²) in [7, 11) is 0. The molecule has 0 unspecified atom stereocenters. The van der Waals surface area contributed by atoms with Crippen LogP contribution in [0.25, 0.3) is 5.65 Å². The highest BCUT2D eigenvalue weighted by atomic mass is 79.9. The van der Waals surface area contributed by atoms with Crippen molar-refractivity contribution in [3.63, 3.8) is 0 Å². The number of benzene rings is 1. The Morgan fingerprint density at radius 3 is 2.83 bits per heavy atom. The largest absolute Gasteiger partial charge is 0.349 e. The highest BCUT2D eigenvalue weighted by molar-refractivity contribution is 9.10. The van der Waals surface area contributed by atoms with E-state index in [1.54, 1.807) is 10.7 Å². The molecule has 2 heterocycles. The van der Waals surface area contributed by atoms with Gasteiger partial charge in [-0.2, -0.15) is 5.10 Å². The van der Waals surface area contributed by atoms with E-state index in [0.717, 1.165) is 34.3 Å². The van der Waals surface area contributed by atoms with Gasteiger partial charge in [0.25, 0.3) is 5.91 Å². The topological polar surface area (TPSA) is 59.3 Å². The third-order valence-corrected chi connectivity index (χ3v) is 6.64. The van der Waals surface area contributed by atoms with Gasteiger partial charge >= 0.3 is 0 Å². The van der Waals surface area contributed by atoms with Crippen molar-refractivity contribution >= 4 is 27.5 Å². The van der Waals surface area contributed by atoms with Crippen LogP contribution in [-0.4, -0.2) is 26.5 Å². The maximum atomic E-state index is 13.0. The van der Waals surface area contributed by atoms with E-state index in [1.807, 2.05) is 26.0 Å². The molecule has 1 aliphatic carbocycles. The first-order chi connectivity index (χ1) is 13.9. The van der Waals surface area contributed by atoms with E-state index in [9.17, 15) is 4.79 Å². The SMILES string of the molecule is Cc1nc2c(C(=O)N[C@@H]3CCCC[C@@H]3C)cnn2c(C)c1Cc1cccc(Br)c1. The van der Waals surface area contributed by atoms with Gasteiger partial charge in [0.2, 0.25) is 0 Å². The highest BCUT2D eigenvalue weighted by Gasteiger charge is 2.25. The van der Waals surface area contributed by atoms with Crippen molar-refractivity contribution in [2.75, 3.05) is 0 Å². The Balaban J connectivity index is 1.64. The molecule has 2 atom stereocenters. The molecule has 1 N–H and O–H groups in total. The van der Waals surface area contributed by atoms with Crippen LogP contribution in [0.4, 0.5) is 0 Å². The van der Waals surface area contributed by atoms with Crippen molar-refractivity contribution in [3.05, 3.63) is 63.0 Å². The number of aryl methyl sites for hydroxylation is 2. The molecule has 29 heavy (non-hydrogen) atoms. The van der Waals surface area contributed by atoms with E-state index < -0.39 is 0 Å². The average molecular weight is 455 g/mol. The number of amides is 1. The normalized spacial score (nSPS) is 19.4. The summed E-state index contributed by atoms with van der Waals surface area (Å²) in [6.07, 6.45) is 7.09. The molecule has 6 heteroatoms. The fourth-order valence-corrected chi connectivity index (χ4v) is 4.80. The van der Waals surface area contributed by atoms with Gasteiger partial charge < -0.3 is 5.32 Å². The molecular formula is C23H27BrN4O. The van der Waals surface area contributed by atoms with Gasteiger partial charge in [0.1, 0.15) is 5.56 Å². The number of rotatable bonds is 4. The minimum atomic E-state index is -0.0650. The van der Waals surface area contributed by atoms with Crippen LogP contribution >= 0.6 is 15.9 Å². The second-order valence-corrected chi connectivity index (χ2v) is 9.12. The lowest BCUT2D eigenvalue weighted by molar-refractivity contribution is 0.0912. The zero-order chi connectivity index (χ0) is 20.5. The maximum Gasteiger partial charge on any atom is 0.256 e. The number of halogens is 1. The lowest BCUT2D eigenvalue weighted by Gasteiger charge is -2.29. The molecule has 0 bridgehead atoms. The van der Waals surface area contributed by atoms with E-state index >= 15 is 0 Å². The Labute approximate surface area is 180 Å². The summed E-state index contributed by atoms with van der Waals surface area (Å²) in [4.78, 5) is 17.7. The molecule has 4 rings (SSSR count). The van der Waals surface area contributed by atoms with Crippen LogP contribution in [0.1, 0.15) is 65.5 Å². The number of carbonyl (C=O) groups excluding carboxylic acids is 1. The summed E-state index contributed by atoms with van der Waals surface area (Å²) in [5.74, 6) is 0.451. The standard InChI is InChI=1S/C23H27BrN4O/c1-14-7-4-5-10-21(14)27-23(29)20-13-25-28-16(3)19(15(2)26-22(20)28)12-17-8-6-9-18(24)11-17/h6,8-9,11,13-14,21H,4-5,7,10,12H2,1-3H3,(H,27,29)/t14-,21+/m0/s1. The van der Waals surface area contributed by atoms with Gasteiger partial charge in [-0.15, -0.1) is 0 Å². The van der Waals surface area contributed by atoms with Crippen molar-refractivity contribution < 1.29 is 4.79 Å². The second kappa shape index (κ2) is 8.27. The zero-order valence-corrected chi connectivity index (χ0v) is 18.8. The molecule has 2 aromatic heterocycles. The molecule has 0 spiro atoms. The molecule has 0 radical (unpaired) electrons. The van der Waals surface area contributed by atoms with Crippen molar-refractivity contribution in [2.45, 2.75) is 58.9 Å². The maximum absolute atomic E-state index is 13.0. The van der Waals surface area contributed by atoms with Gasteiger partial charge in [0, 0.05) is 28.3 Å². The summed E-state index contributed by atoms with van der Waals surface area (Å²) < 4.78 is 2.87. The second-order valence-electron chi connectivity index (χ2n) is 8.20. The van der Waals surface area contributed by atoms with Crippen molar-refractivity contribution in [3.8, 4) is 0 Å². The number of carbonyl (C=O) groups is 1. The fraction of sp³-hybridized carbons (Fsp3) is 0.435. The summed E-state index contributed by atoms with van der Waals surface area (Å²) in [5.41, 5.74) is 5.52. The van der Waals surface area contributed by atoms with E-state index in [4.69, 9.17) is 4.98 Å². The molecule has 1 saturated carbocycles. The predicted octanol–water partition coefficient (Wildman–Crippen LogP) is 5.01. The van der Waals surface area contributed by atoms with Crippen LogP contribution in [0, 0.1) is 19.8 Å². The quantitative estimate of drug-likeness (QED) is 0.602. The van der Waals surface area contributed by atoms with Crippen LogP contribution in [0.5, 0.6) is 0 Å². The lowest BCUT2D eigenvalue weighted by Crippen LogP contribution is -2.41. The molecule has 5 nitrogen and oxygen atoms in total. The third kappa shape index (κ3) is 4.08. The Hall–Kier alpha value is -2.21. The van der Waals surface area contributed by atoms with E-state index in [-0.39, 0.29) is 11.9 Å². The minimum absolute atomic E-state index is 0.0650. The van der Waals surface area contributed by atoms with Crippen molar-refractivity contribution in [1.82, 2.24) is 19.9 Å². The van der Waals surface area contributed by atoms with Crippen molar-refractivity contribution in [2.24, 2.45) is 5.92 Å². The van der Waals surface area contributed by atoms with Crippen LogP contribution in [-0.2, 0) is 6.42 Å². The molecule has 3 aromatic rings. The van der Waals surface area contributed by atoms with Crippen LogP contribution in [0.2, 0.25) is 0 Å². The van der Waals surface area contributed by atoms with E-state index in [0.29, 0.717) is 17.1 Å². The fourth-order valence-electron chi connectivity index (χ4n) is 4.35. The first-order valence-corrected chi connectivity index (χ1v) is 11.1. The van der Waals surface area contributed by atoms with Crippen LogP contribution in [0.3, 0.4) is 0 Å². The number of fused-ring (bicyclic) bond motifs is 1. The number of hydrogen-bond acceptors (Lipinski definition) is 3. The van der Waals surface area contributed by atoms with Crippen LogP contribution < -0.4 is 5.32 Å². The Morgan fingerprint density at radius 1 is 1.28 bits per heavy atom. The van der Waals surface area contributed by atoms with Gasteiger partial charge in [-0.1, -0.05) is 47.8 Å². The summed E-state index contributed by atoms with van der Waals surface area (Å²) >= 11 is 3.54. The highest BCUT2D eigenvalue weighted by Crippen LogP contribution is 2.25. The van der Waals surface area contributed by atoms with Crippen molar-refractivity contribution in [1.29, 1.82) is 0 Å². The number of hydrogen-bond donors (Lipinski definition) is 1. The zero-order valence-electron chi connectivity index (χ0n) is 17.2. The van der Waals surface area contributed by atoms with Gasteiger partial charge in [-0.3, -0.25) is 4.79 Å². The predicted molar refractivity (Wildman–Crippen MR) is 118 cm³/mol. The first-order valence-electron chi connectivity index (χ1n) is 10.3. The molecule has 1 amide bonds. The number of nitrogens with one attached hydrogen (secondary N) is 1. The van der Waals surface area contributed by atoms with Gasteiger partial charge in [-0.05, 0) is 55.9 Å². The molecule has 1 aliphatic rings. The molecule has 0 saturated heterocycles. The molecule has 0 aliphatic heterocycles. The molecule has 152 valence electrons. The van der Waals surface area contributed by atoms with E-state index in [1.165, 1.54) is 24.8 Å². The lowest BCUT2D eigenvalue weighted by atomic mass is 9.86. The summed E-state index contributed by atoms with van der Waals surface area (Å²) in [6, 6.07) is 8.54. The van der Waals surface area contributed by atoms with E-state index in [2.05, 4.69) is 45.4 Å². The average Bonchev–Trinajstić information content (AvgIpc) is 3.11. The Bertz CT molecular complexity index is 1060. The van der Waals surface area contributed by atoms with Gasteiger partial charge in [-0.25, -0.2) is 9.50 Å². The monoisotopic (exact) mass is 454 g/mol. The third-order valence-electron chi connectivity index (χ3n) is 6.15. The summed E-state index contributed by atoms with van der Waals surface area (Å²) in [5, 5.41) is 7.72. The first kappa shape index (κ1) is 20.1. The van der Waals surface area contributed by atoms with Gasteiger partial charge in [0.15, 0.2) is 5.65 Å². The molecular weight excluding hydrogens is 428 g/mol. The smallest absolute Gasteiger partial charge is 0.256 e.